The lowest BCUT2D eigenvalue weighted by Gasteiger charge is -2.29. The van der Waals surface area contributed by atoms with Gasteiger partial charge in [-0.25, -0.2) is 4.39 Å². The van der Waals surface area contributed by atoms with Crippen LogP contribution in [-0.2, 0) is 4.79 Å². The van der Waals surface area contributed by atoms with Gasteiger partial charge in [0, 0.05) is 23.5 Å². The zero-order chi connectivity index (χ0) is 19.8. The number of nitrogens with one attached hydrogen (secondary N) is 2. The second kappa shape index (κ2) is 7.41. The first kappa shape index (κ1) is 18.7. The number of nitrogens with zero attached hydrogens (tertiary/aromatic N) is 1. The third kappa shape index (κ3) is 3.55. The lowest BCUT2D eigenvalue weighted by Crippen LogP contribution is -2.47. The van der Waals surface area contributed by atoms with Gasteiger partial charge in [-0.2, -0.15) is 0 Å². The number of rotatable bonds is 3. The van der Waals surface area contributed by atoms with Gasteiger partial charge in [0.05, 0.1) is 22.1 Å². The highest BCUT2D eigenvalue weighted by Gasteiger charge is 2.20. The minimum atomic E-state index is -0.325. The second-order valence-electron chi connectivity index (χ2n) is 6.59. The van der Waals surface area contributed by atoms with Crippen LogP contribution in [0, 0.1) is 12.7 Å². The van der Waals surface area contributed by atoms with E-state index >= 15 is 0 Å². The van der Waals surface area contributed by atoms with E-state index in [4.69, 9.17) is 11.6 Å². The van der Waals surface area contributed by atoms with Gasteiger partial charge in [-0.15, -0.1) is 11.3 Å². The van der Waals surface area contributed by atoms with Crippen LogP contribution in [0.4, 0.5) is 15.8 Å². The van der Waals surface area contributed by atoms with Crippen molar-refractivity contribution in [1.82, 2.24) is 5.32 Å². The number of carbonyl (C=O) groups is 2. The first-order valence-corrected chi connectivity index (χ1v) is 9.93. The molecule has 0 aliphatic carbocycles. The van der Waals surface area contributed by atoms with Gasteiger partial charge >= 0.3 is 0 Å². The highest BCUT2D eigenvalue weighted by atomic mass is 35.5. The zero-order valence-corrected chi connectivity index (χ0v) is 16.6. The van der Waals surface area contributed by atoms with Crippen molar-refractivity contribution in [2.24, 2.45) is 0 Å². The molecule has 0 atom stereocenters. The summed E-state index contributed by atoms with van der Waals surface area (Å²) in [5, 5.41) is 6.83. The molecule has 2 heterocycles. The Kier molecular flexibility index (Phi) is 4.95. The van der Waals surface area contributed by atoms with E-state index in [-0.39, 0.29) is 24.2 Å². The van der Waals surface area contributed by atoms with Crippen LogP contribution in [0.1, 0.15) is 15.2 Å². The second-order valence-corrected chi connectivity index (χ2v) is 8.05. The summed E-state index contributed by atoms with van der Waals surface area (Å²) in [5.74, 6) is -0.634. The Labute approximate surface area is 170 Å². The summed E-state index contributed by atoms with van der Waals surface area (Å²) in [6.07, 6.45) is 0. The van der Waals surface area contributed by atoms with Crippen LogP contribution in [0.3, 0.4) is 0 Å². The maximum atomic E-state index is 13.5. The van der Waals surface area contributed by atoms with E-state index in [9.17, 15) is 14.0 Å². The summed E-state index contributed by atoms with van der Waals surface area (Å²) in [5.41, 5.74) is 2.06. The number of anilines is 2. The maximum absolute atomic E-state index is 13.5. The number of thiophene rings is 1. The normalized spacial score (nSPS) is 14.2. The molecule has 1 fully saturated rings. The van der Waals surface area contributed by atoms with Crippen molar-refractivity contribution in [3.05, 3.63) is 57.7 Å². The predicted molar refractivity (Wildman–Crippen MR) is 111 cm³/mol. The highest BCUT2D eigenvalue weighted by molar-refractivity contribution is 7.21. The summed E-state index contributed by atoms with van der Waals surface area (Å²) in [7, 11) is 0. The number of carbonyl (C=O) groups excluding carboxylic acids is 2. The van der Waals surface area contributed by atoms with E-state index in [1.54, 1.807) is 24.3 Å². The number of fused-ring (bicyclic) bond motifs is 1. The van der Waals surface area contributed by atoms with Crippen LogP contribution in [0.25, 0.3) is 10.1 Å². The molecule has 0 radical (unpaired) electrons. The molecule has 5 nitrogen and oxygen atoms in total. The maximum Gasteiger partial charge on any atom is 0.266 e. The van der Waals surface area contributed by atoms with Crippen molar-refractivity contribution in [2.75, 3.05) is 29.9 Å². The molecule has 1 saturated heterocycles. The monoisotopic (exact) mass is 417 g/mol. The molecule has 0 spiro atoms. The molecular weight excluding hydrogens is 401 g/mol. The molecular formula is C20H17ClFN3O2S. The molecule has 1 aromatic heterocycles. The van der Waals surface area contributed by atoms with E-state index < -0.39 is 0 Å². The van der Waals surface area contributed by atoms with Gasteiger partial charge in [0.25, 0.3) is 5.91 Å². The van der Waals surface area contributed by atoms with Crippen molar-refractivity contribution < 1.29 is 14.0 Å². The first-order valence-electron chi connectivity index (χ1n) is 8.73. The SMILES string of the molecule is Cc1c(C(=O)Nc2ccc(N3CCNC(=O)C3)c(Cl)c2)sc2ccc(F)cc12. The first-order chi connectivity index (χ1) is 13.4. The molecule has 0 unspecified atom stereocenters. The third-order valence-corrected chi connectivity index (χ3v) is 6.26. The minimum Gasteiger partial charge on any atom is -0.359 e. The van der Waals surface area contributed by atoms with E-state index in [2.05, 4.69) is 10.6 Å². The fourth-order valence-electron chi connectivity index (χ4n) is 3.28. The van der Waals surface area contributed by atoms with Gasteiger partial charge in [-0.3, -0.25) is 9.59 Å². The Morgan fingerprint density at radius 3 is 2.86 bits per heavy atom. The van der Waals surface area contributed by atoms with Crippen LogP contribution < -0.4 is 15.5 Å². The standard InChI is InChI=1S/C20H17ClFN3O2S/c1-11-14-8-12(22)2-5-17(14)28-19(11)20(27)24-13-3-4-16(15(21)9-13)25-7-6-23-18(26)10-25/h2-5,8-9H,6-7,10H2,1H3,(H,23,26)(H,24,27). The Morgan fingerprint density at radius 2 is 2.11 bits per heavy atom. The van der Waals surface area contributed by atoms with E-state index in [0.29, 0.717) is 28.7 Å². The number of amides is 2. The number of piperazine rings is 1. The summed E-state index contributed by atoms with van der Waals surface area (Å²) < 4.78 is 14.4. The van der Waals surface area contributed by atoms with Crippen molar-refractivity contribution in [3.8, 4) is 0 Å². The third-order valence-electron chi connectivity index (χ3n) is 4.69. The van der Waals surface area contributed by atoms with Crippen molar-refractivity contribution in [2.45, 2.75) is 6.92 Å². The van der Waals surface area contributed by atoms with Crippen LogP contribution in [0.2, 0.25) is 5.02 Å². The molecule has 28 heavy (non-hydrogen) atoms. The molecule has 1 aliphatic rings. The summed E-state index contributed by atoms with van der Waals surface area (Å²) in [6.45, 7) is 3.31. The lowest BCUT2D eigenvalue weighted by molar-refractivity contribution is -0.120. The number of benzene rings is 2. The topological polar surface area (TPSA) is 61.4 Å². The summed E-state index contributed by atoms with van der Waals surface area (Å²) in [4.78, 5) is 26.7. The summed E-state index contributed by atoms with van der Waals surface area (Å²) >= 11 is 7.71. The van der Waals surface area contributed by atoms with Crippen molar-refractivity contribution in [3.63, 3.8) is 0 Å². The van der Waals surface area contributed by atoms with Crippen molar-refractivity contribution >= 4 is 56.2 Å². The average Bonchev–Trinajstić information content (AvgIpc) is 2.98. The zero-order valence-electron chi connectivity index (χ0n) is 15.0. The van der Waals surface area contributed by atoms with Gasteiger partial charge in [-0.05, 0) is 54.3 Å². The number of aryl methyl sites for hydroxylation is 1. The van der Waals surface area contributed by atoms with Crippen molar-refractivity contribution in [1.29, 1.82) is 0 Å². The quantitative estimate of drug-likeness (QED) is 0.671. The van der Waals surface area contributed by atoms with Gasteiger partial charge in [0.1, 0.15) is 5.82 Å². The van der Waals surface area contributed by atoms with Gasteiger partial charge < -0.3 is 15.5 Å². The van der Waals surface area contributed by atoms with Crippen LogP contribution in [-0.4, -0.2) is 31.4 Å². The molecule has 8 heteroatoms. The number of hydrogen-bond acceptors (Lipinski definition) is 4. The molecule has 0 saturated carbocycles. The largest absolute Gasteiger partial charge is 0.359 e. The van der Waals surface area contributed by atoms with E-state index in [1.807, 2.05) is 11.8 Å². The van der Waals surface area contributed by atoms with Gasteiger partial charge in [0.15, 0.2) is 0 Å². The van der Waals surface area contributed by atoms with E-state index in [0.717, 1.165) is 21.3 Å². The molecule has 1 aliphatic heterocycles. The molecule has 2 amide bonds. The summed E-state index contributed by atoms with van der Waals surface area (Å²) in [6, 6.07) is 9.73. The number of halogens is 2. The average molecular weight is 418 g/mol. The molecule has 4 rings (SSSR count). The van der Waals surface area contributed by atoms with Gasteiger partial charge in [0.2, 0.25) is 5.91 Å². The van der Waals surface area contributed by atoms with Crippen LogP contribution in [0.5, 0.6) is 0 Å². The smallest absolute Gasteiger partial charge is 0.266 e. The Balaban J connectivity index is 1.56. The Hall–Kier alpha value is -2.64. The fraction of sp³-hybridized carbons (Fsp3) is 0.200. The Bertz CT molecular complexity index is 1100. The van der Waals surface area contributed by atoms with Gasteiger partial charge in [-0.1, -0.05) is 11.6 Å². The number of hydrogen-bond donors (Lipinski definition) is 2. The Morgan fingerprint density at radius 1 is 1.29 bits per heavy atom. The molecule has 2 aromatic carbocycles. The van der Waals surface area contributed by atoms with Crippen LogP contribution in [0.15, 0.2) is 36.4 Å². The molecule has 0 bridgehead atoms. The van der Waals surface area contributed by atoms with E-state index in [1.165, 1.54) is 23.5 Å². The lowest BCUT2D eigenvalue weighted by atomic mass is 10.1. The molecule has 3 aromatic rings. The fourth-order valence-corrected chi connectivity index (χ4v) is 4.67. The van der Waals surface area contributed by atoms with Crippen LogP contribution >= 0.6 is 22.9 Å². The minimum absolute atomic E-state index is 0.0450. The highest BCUT2D eigenvalue weighted by Crippen LogP contribution is 2.33. The molecule has 144 valence electrons. The predicted octanol–water partition coefficient (Wildman–Crippen LogP) is 4.19. The molecule has 2 N–H and O–H groups in total.